The molecule has 0 amide bonds. The predicted octanol–water partition coefficient (Wildman–Crippen LogP) is 1.51. The molecule has 1 aromatic heterocycles. The van der Waals surface area contributed by atoms with E-state index in [0.29, 0.717) is 17.5 Å². The van der Waals surface area contributed by atoms with E-state index in [9.17, 15) is 12.8 Å². The lowest BCUT2D eigenvalue weighted by atomic mass is 10.1. The zero-order valence-corrected chi connectivity index (χ0v) is 11.0. The highest BCUT2D eigenvalue weighted by atomic mass is 32.2. The largest absolute Gasteiger partial charge is 0.369 e. The Morgan fingerprint density at radius 3 is 2.95 bits per heavy atom. The molecule has 0 aliphatic carbocycles. The van der Waals surface area contributed by atoms with Gasteiger partial charge in [-0.05, 0) is 25.0 Å². The lowest BCUT2D eigenvalue weighted by molar-refractivity contribution is 0.483. The summed E-state index contributed by atoms with van der Waals surface area (Å²) < 4.78 is 38.3. The monoisotopic (exact) mass is 283 g/mol. The molecule has 1 fully saturated rings. The number of rotatable bonds is 1. The third kappa shape index (κ3) is 2.18. The number of imidazole rings is 1. The molecular formula is C12H14FN3O2S. The molecular weight excluding hydrogens is 269 g/mol. The molecule has 1 aliphatic rings. The van der Waals surface area contributed by atoms with Gasteiger partial charge in [-0.15, -0.1) is 0 Å². The number of nitrogens with zero attached hydrogens (tertiary/aromatic N) is 2. The van der Waals surface area contributed by atoms with Gasteiger partial charge < -0.3 is 10.3 Å². The third-order valence-corrected chi connectivity index (χ3v) is 5.29. The SMILES string of the molecule is Nc1nc2cc(F)ccc2n1C1CCCS(=O)(=O)C1. The zero-order valence-electron chi connectivity index (χ0n) is 10.2. The Balaban J connectivity index is 2.12. The highest BCUT2D eigenvalue weighted by molar-refractivity contribution is 7.91. The maximum absolute atomic E-state index is 13.2. The van der Waals surface area contributed by atoms with Crippen LogP contribution in [0.1, 0.15) is 18.9 Å². The van der Waals surface area contributed by atoms with Gasteiger partial charge in [-0.3, -0.25) is 0 Å². The molecule has 3 rings (SSSR count). The Bertz CT molecular complexity index is 739. The van der Waals surface area contributed by atoms with Crippen LogP contribution in [0, 0.1) is 5.82 Å². The van der Waals surface area contributed by atoms with E-state index in [4.69, 9.17) is 5.73 Å². The van der Waals surface area contributed by atoms with E-state index in [1.165, 1.54) is 12.1 Å². The minimum Gasteiger partial charge on any atom is -0.369 e. The van der Waals surface area contributed by atoms with Crippen molar-refractivity contribution in [3.05, 3.63) is 24.0 Å². The highest BCUT2D eigenvalue weighted by Gasteiger charge is 2.28. The summed E-state index contributed by atoms with van der Waals surface area (Å²) in [5.74, 6) is 0.154. The van der Waals surface area contributed by atoms with Crippen molar-refractivity contribution in [2.45, 2.75) is 18.9 Å². The van der Waals surface area contributed by atoms with Gasteiger partial charge in [-0.25, -0.2) is 17.8 Å². The first kappa shape index (κ1) is 12.4. The van der Waals surface area contributed by atoms with Gasteiger partial charge in [0.05, 0.1) is 28.6 Å². The summed E-state index contributed by atoms with van der Waals surface area (Å²) in [5.41, 5.74) is 7.00. The Hall–Kier alpha value is -1.63. The van der Waals surface area contributed by atoms with Gasteiger partial charge in [0.1, 0.15) is 5.82 Å². The van der Waals surface area contributed by atoms with Crippen LogP contribution in [0.2, 0.25) is 0 Å². The second-order valence-corrected chi connectivity index (χ2v) is 7.11. The Kier molecular flexibility index (Phi) is 2.74. The van der Waals surface area contributed by atoms with Crippen molar-refractivity contribution in [3.8, 4) is 0 Å². The molecule has 2 heterocycles. The van der Waals surface area contributed by atoms with Crippen LogP contribution in [0.15, 0.2) is 18.2 Å². The average molecular weight is 283 g/mol. The van der Waals surface area contributed by atoms with Gasteiger partial charge in [0.15, 0.2) is 9.84 Å². The first-order valence-electron chi connectivity index (χ1n) is 6.10. The minimum absolute atomic E-state index is 0.0695. The lowest BCUT2D eigenvalue weighted by Gasteiger charge is -2.24. The quantitative estimate of drug-likeness (QED) is 0.860. The van der Waals surface area contributed by atoms with E-state index in [-0.39, 0.29) is 29.3 Å². The molecule has 2 N–H and O–H groups in total. The average Bonchev–Trinajstić information content (AvgIpc) is 2.62. The number of nitrogens with two attached hydrogens (primary N) is 1. The van der Waals surface area contributed by atoms with E-state index >= 15 is 0 Å². The molecule has 1 saturated heterocycles. The zero-order chi connectivity index (χ0) is 13.6. The van der Waals surface area contributed by atoms with Gasteiger partial charge in [-0.1, -0.05) is 0 Å². The molecule has 102 valence electrons. The number of anilines is 1. The molecule has 5 nitrogen and oxygen atoms in total. The van der Waals surface area contributed by atoms with Gasteiger partial charge in [-0.2, -0.15) is 0 Å². The number of sulfone groups is 1. The fourth-order valence-electron chi connectivity index (χ4n) is 2.68. The summed E-state index contributed by atoms with van der Waals surface area (Å²) in [7, 11) is -3.03. The second kappa shape index (κ2) is 4.19. The van der Waals surface area contributed by atoms with Crippen LogP contribution < -0.4 is 5.73 Å². The van der Waals surface area contributed by atoms with E-state index in [1.54, 1.807) is 10.6 Å². The van der Waals surface area contributed by atoms with Gasteiger partial charge in [0.25, 0.3) is 0 Å². The summed E-state index contributed by atoms with van der Waals surface area (Å²) in [6.45, 7) is 0. The van der Waals surface area contributed by atoms with Crippen LogP contribution in [-0.4, -0.2) is 29.5 Å². The first-order chi connectivity index (χ1) is 8.96. The molecule has 1 aliphatic heterocycles. The molecule has 2 aromatic rings. The van der Waals surface area contributed by atoms with Crippen molar-refractivity contribution in [2.24, 2.45) is 0 Å². The smallest absolute Gasteiger partial charge is 0.201 e. The van der Waals surface area contributed by atoms with Crippen LogP contribution in [0.25, 0.3) is 11.0 Å². The lowest BCUT2D eigenvalue weighted by Crippen LogP contribution is -2.28. The van der Waals surface area contributed by atoms with Gasteiger partial charge in [0.2, 0.25) is 5.95 Å². The molecule has 1 unspecified atom stereocenters. The summed E-state index contributed by atoms with van der Waals surface area (Å²) >= 11 is 0. The predicted molar refractivity (Wildman–Crippen MR) is 71.0 cm³/mol. The van der Waals surface area contributed by atoms with Crippen molar-refractivity contribution in [3.63, 3.8) is 0 Å². The number of fused-ring (bicyclic) bond motifs is 1. The number of halogens is 1. The van der Waals surface area contributed by atoms with Gasteiger partial charge >= 0.3 is 0 Å². The highest BCUT2D eigenvalue weighted by Crippen LogP contribution is 2.30. The minimum atomic E-state index is -3.03. The first-order valence-corrected chi connectivity index (χ1v) is 7.92. The molecule has 0 radical (unpaired) electrons. The third-order valence-electron chi connectivity index (χ3n) is 3.48. The van der Waals surface area contributed by atoms with Crippen molar-refractivity contribution < 1.29 is 12.8 Å². The van der Waals surface area contributed by atoms with E-state index in [1.807, 2.05) is 0 Å². The number of benzene rings is 1. The van der Waals surface area contributed by atoms with Crippen LogP contribution in [0.4, 0.5) is 10.3 Å². The molecule has 19 heavy (non-hydrogen) atoms. The van der Waals surface area contributed by atoms with Crippen molar-refractivity contribution in [1.82, 2.24) is 9.55 Å². The topological polar surface area (TPSA) is 78.0 Å². The van der Waals surface area contributed by atoms with E-state index in [2.05, 4.69) is 4.98 Å². The van der Waals surface area contributed by atoms with Crippen LogP contribution in [0.5, 0.6) is 0 Å². The number of nitrogen functional groups attached to an aromatic ring is 1. The standard InChI is InChI=1S/C12H14FN3O2S/c13-8-3-4-11-10(6-8)15-12(14)16(11)9-2-1-5-19(17,18)7-9/h3-4,6,9H,1-2,5,7H2,(H2,14,15). The number of hydrogen-bond donors (Lipinski definition) is 1. The van der Waals surface area contributed by atoms with Crippen molar-refractivity contribution >= 4 is 26.8 Å². The maximum atomic E-state index is 13.2. The fourth-order valence-corrected chi connectivity index (χ4v) is 4.35. The second-order valence-electron chi connectivity index (χ2n) is 4.88. The Morgan fingerprint density at radius 1 is 1.42 bits per heavy atom. The van der Waals surface area contributed by atoms with Crippen LogP contribution in [-0.2, 0) is 9.84 Å². The maximum Gasteiger partial charge on any atom is 0.201 e. The van der Waals surface area contributed by atoms with Crippen molar-refractivity contribution in [1.29, 1.82) is 0 Å². The summed E-state index contributed by atoms with van der Waals surface area (Å²) in [4.78, 5) is 4.10. The molecule has 1 atom stereocenters. The molecule has 7 heteroatoms. The fraction of sp³-hybridized carbons (Fsp3) is 0.417. The Morgan fingerprint density at radius 2 is 2.21 bits per heavy atom. The van der Waals surface area contributed by atoms with Crippen molar-refractivity contribution in [2.75, 3.05) is 17.2 Å². The van der Waals surface area contributed by atoms with E-state index in [0.717, 1.165) is 6.42 Å². The summed E-state index contributed by atoms with van der Waals surface area (Å²) in [6.07, 6.45) is 1.36. The number of hydrogen-bond acceptors (Lipinski definition) is 4. The van der Waals surface area contributed by atoms with Crippen LogP contribution in [0.3, 0.4) is 0 Å². The summed E-state index contributed by atoms with van der Waals surface area (Å²) in [5, 5.41) is 0. The van der Waals surface area contributed by atoms with Crippen LogP contribution >= 0.6 is 0 Å². The molecule has 1 aromatic carbocycles. The van der Waals surface area contributed by atoms with Gasteiger partial charge in [0, 0.05) is 6.07 Å². The molecule has 0 saturated carbocycles. The normalized spacial score (nSPS) is 22.7. The molecule has 0 bridgehead atoms. The summed E-state index contributed by atoms with van der Waals surface area (Å²) in [6, 6.07) is 4.01. The Labute approximate surface area is 110 Å². The molecule has 0 spiro atoms. The number of aromatic nitrogens is 2. The van der Waals surface area contributed by atoms with E-state index < -0.39 is 9.84 Å².